The number of rotatable bonds is 6. The van der Waals surface area contributed by atoms with Crippen molar-refractivity contribution in [2.45, 2.75) is 52.2 Å². The first-order valence-corrected chi connectivity index (χ1v) is 9.69. The van der Waals surface area contributed by atoms with Crippen molar-refractivity contribution in [2.75, 3.05) is 25.5 Å². The molecule has 2 aromatic rings. The molecule has 3 rings (SSSR count). The van der Waals surface area contributed by atoms with E-state index in [1.54, 1.807) is 0 Å². The molecule has 0 bridgehead atoms. The van der Waals surface area contributed by atoms with E-state index in [4.69, 9.17) is 4.99 Å². The Balaban J connectivity index is 1.65. The number of hydrogen-bond acceptors (Lipinski definition) is 5. The van der Waals surface area contributed by atoms with Gasteiger partial charge in [0.15, 0.2) is 11.8 Å². The van der Waals surface area contributed by atoms with E-state index in [-0.39, 0.29) is 0 Å². The van der Waals surface area contributed by atoms with E-state index in [1.807, 2.05) is 41.9 Å². The molecule has 3 heterocycles. The van der Waals surface area contributed by atoms with Crippen molar-refractivity contribution in [3.63, 3.8) is 0 Å². The second-order valence-corrected chi connectivity index (χ2v) is 6.94. The maximum absolute atomic E-state index is 4.72. The number of nitrogens with zero attached hydrogens (tertiary/aromatic N) is 6. The molecule has 0 aliphatic carbocycles. The number of guanidine groups is 1. The van der Waals surface area contributed by atoms with E-state index in [9.17, 15) is 0 Å². The summed E-state index contributed by atoms with van der Waals surface area (Å²) in [5.74, 6) is 3.78. The second-order valence-electron chi connectivity index (χ2n) is 6.94. The summed E-state index contributed by atoms with van der Waals surface area (Å²) in [6.07, 6.45) is 2.85. The molecule has 0 radical (unpaired) electrons. The third kappa shape index (κ3) is 4.96. The molecule has 1 aliphatic heterocycles. The van der Waals surface area contributed by atoms with Crippen LogP contribution in [0.15, 0.2) is 23.2 Å². The highest BCUT2D eigenvalue weighted by molar-refractivity contribution is 5.80. The topological polar surface area (TPSA) is 83.3 Å². The molecule has 2 aromatic heterocycles. The molecule has 0 spiro atoms. The van der Waals surface area contributed by atoms with Crippen molar-refractivity contribution in [3.8, 4) is 0 Å². The van der Waals surface area contributed by atoms with Crippen LogP contribution in [0.2, 0.25) is 0 Å². The third-order valence-corrected chi connectivity index (χ3v) is 4.55. The van der Waals surface area contributed by atoms with E-state index >= 15 is 0 Å². The first-order chi connectivity index (χ1) is 13.1. The summed E-state index contributed by atoms with van der Waals surface area (Å²) in [5, 5.41) is 11.5. The molecule has 8 nitrogen and oxygen atoms in total. The Morgan fingerprint density at radius 2 is 2.15 bits per heavy atom. The molecule has 8 heteroatoms. The van der Waals surface area contributed by atoms with Gasteiger partial charge in [0.25, 0.3) is 0 Å². The van der Waals surface area contributed by atoms with Crippen LogP contribution < -0.4 is 15.5 Å². The first-order valence-electron chi connectivity index (χ1n) is 9.69. The second kappa shape index (κ2) is 8.83. The predicted octanol–water partition coefficient (Wildman–Crippen LogP) is 1.37. The number of hydrogen-bond donors (Lipinski definition) is 2. The monoisotopic (exact) mass is 370 g/mol. The van der Waals surface area contributed by atoms with E-state index < -0.39 is 0 Å². The molecule has 2 N–H and O–H groups in total. The van der Waals surface area contributed by atoms with Gasteiger partial charge < -0.3 is 15.5 Å². The average Bonchev–Trinajstić information content (AvgIpc) is 3.09. The van der Waals surface area contributed by atoms with Gasteiger partial charge in [-0.05, 0) is 25.5 Å². The number of aryl methyl sites for hydroxylation is 2. The molecular formula is C19H30N8. The van der Waals surface area contributed by atoms with Crippen molar-refractivity contribution >= 4 is 11.8 Å². The standard InChI is InChI=1S/C19H30N8/c1-5-16-24-18-11-10-15(13-27(18)25-16)23-19(20-6-2)21-12-14-8-7-9-17(22-14)26(3)4/h7-9,15H,5-6,10-13H2,1-4H3,(H2,20,21,23). The van der Waals surface area contributed by atoms with Crippen LogP contribution in [0.25, 0.3) is 0 Å². The summed E-state index contributed by atoms with van der Waals surface area (Å²) in [6, 6.07) is 6.32. The molecule has 27 heavy (non-hydrogen) atoms. The van der Waals surface area contributed by atoms with Crippen LogP contribution in [0.5, 0.6) is 0 Å². The predicted molar refractivity (Wildman–Crippen MR) is 108 cm³/mol. The van der Waals surface area contributed by atoms with Crippen molar-refractivity contribution in [3.05, 3.63) is 35.5 Å². The molecule has 1 aliphatic rings. The lowest BCUT2D eigenvalue weighted by Gasteiger charge is -2.25. The third-order valence-electron chi connectivity index (χ3n) is 4.55. The smallest absolute Gasteiger partial charge is 0.191 e. The fourth-order valence-electron chi connectivity index (χ4n) is 3.11. The fourth-order valence-corrected chi connectivity index (χ4v) is 3.11. The summed E-state index contributed by atoms with van der Waals surface area (Å²) >= 11 is 0. The van der Waals surface area contributed by atoms with Gasteiger partial charge in [0.05, 0.1) is 18.8 Å². The summed E-state index contributed by atoms with van der Waals surface area (Å²) in [4.78, 5) is 15.9. The van der Waals surface area contributed by atoms with Crippen LogP contribution in [0.1, 0.15) is 37.6 Å². The van der Waals surface area contributed by atoms with Gasteiger partial charge >= 0.3 is 0 Å². The minimum atomic E-state index is 0.294. The van der Waals surface area contributed by atoms with Gasteiger partial charge in [0.1, 0.15) is 11.6 Å². The zero-order valence-corrected chi connectivity index (χ0v) is 16.7. The number of aromatic nitrogens is 4. The molecule has 1 unspecified atom stereocenters. The molecule has 0 saturated carbocycles. The number of nitrogens with one attached hydrogen (secondary N) is 2. The molecule has 0 saturated heterocycles. The number of anilines is 1. The van der Waals surface area contributed by atoms with Crippen LogP contribution in [-0.2, 0) is 25.9 Å². The first kappa shape index (κ1) is 19.1. The summed E-state index contributed by atoms with van der Waals surface area (Å²) < 4.78 is 2.03. The molecule has 0 aromatic carbocycles. The van der Waals surface area contributed by atoms with Gasteiger partial charge in [-0.3, -0.25) is 0 Å². The van der Waals surface area contributed by atoms with Crippen LogP contribution in [0.4, 0.5) is 5.82 Å². The van der Waals surface area contributed by atoms with Crippen LogP contribution in [0.3, 0.4) is 0 Å². The van der Waals surface area contributed by atoms with Gasteiger partial charge in [-0.1, -0.05) is 13.0 Å². The normalized spacial score (nSPS) is 16.7. The lowest BCUT2D eigenvalue weighted by atomic mass is 10.1. The Labute approximate surface area is 161 Å². The Morgan fingerprint density at radius 1 is 1.30 bits per heavy atom. The lowest BCUT2D eigenvalue weighted by Crippen LogP contribution is -2.47. The minimum Gasteiger partial charge on any atom is -0.363 e. The minimum absolute atomic E-state index is 0.294. The van der Waals surface area contributed by atoms with Gasteiger partial charge in [0.2, 0.25) is 0 Å². The van der Waals surface area contributed by atoms with Gasteiger partial charge in [-0.25, -0.2) is 19.6 Å². The van der Waals surface area contributed by atoms with Crippen molar-refractivity contribution in [2.24, 2.45) is 4.99 Å². The highest BCUT2D eigenvalue weighted by atomic mass is 15.4. The van der Waals surface area contributed by atoms with Gasteiger partial charge in [-0.2, -0.15) is 5.10 Å². The Morgan fingerprint density at radius 3 is 2.89 bits per heavy atom. The largest absolute Gasteiger partial charge is 0.363 e. The van der Waals surface area contributed by atoms with Gasteiger partial charge in [-0.15, -0.1) is 0 Å². The maximum atomic E-state index is 4.72. The molecule has 0 amide bonds. The van der Waals surface area contributed by atoms with Crippen LogP contribution >= 0.6 is 0 Å². The summed E-state index contributed by atoms with van der Waals surface area (Å²) in [6.45, 7) is 6.34. The fraction of sp³-hybridized carbons (Fsp3) is 0.579. The summed E-state index contributed by atoms with van der Waals surface area (Å²) in [7, 11) is 3.98. The highest BCUT2D eigenvalue weighted by Crippen LogP contribution is 2.13. The van der Waals surface area contributed by atoms with Crippen molar-refractivity contribution < 1.29 is 0 Å². The molecular weight excluding hydrogens is 340 g/mol. The SMILES string of the molecule is CCNC(=NCc1cccc(N(C)C)n1)NC1CCc2nc(CC)nn2C1. The Hall–Kier alpha value is -2.64. The van der Waals surface area contributed by atoms with Crippen LogP contribution in [-0.4, -0.2) is 52.4 Å². The van der Waals surface area contributed by atoms with Gasteiger partial charge in [0, 0.05) is 39.5 Å². The lowest BCUT2D eigenvalue weighted by molar-refractivity contribution is 0.392. The summed E-state index contributed by atoms with van der Waals surface area (Å²) in [5.41, 5.74) is 0.952. The van der Waals surface area contributed by atoms with E-state index in [0.717, 1.165) is 61.5 Å². The van der Waals surface area contributed by atoms with E-state index in [1.165, 1.54) is 0 Å². The highest BCUT2D eigenvalue weighted by Gasteiger charge is 2.22. The van der Waals surface area contributed by atoms with E-state index in [0.29, 0.717) is 12.6 Å². The zero-order valence-electron chi connectivity index (χ0n) is 16.7. The average molecular weight is 371 g/mol. The molecule has 0 fully saturated rings. The Bertz CT molecular complexity index is 780. The number of fused-ring (bicyclic) bond motifs is 1. The van der Waals surface area contributed by atoms with Crippen LogP contribution in [0, 0.1) is 0 Å². The van der Waals surface area contributed by atoms with E-state index in [2.05, 4.69) is 39.5 Å². The number of pyridine rings is 1. The Kier molecular flexibility index (Phi) is 6.26. The zero-order chi connectivity index (χ0) is 19.2. The molecule has 146 valence electrons. The van der Waals surface area contributed by atoms with Crippen molar-refractivity contribution in [1.29, 1.82) is 0 Å². The maximum Gasteiger partial charge on any atom is 0.191 e. The number of aliphatic imine (C=N–C) groups is 1. The van der Waals surface area contributed by atoms with Crippen molar-refractivity contribution in [1.82, 2.24) is 30.4 Å². The molecule has 1 atom stereocenters. The quantitative estimate of drug-likeness (QED) is 0.590.